The molecule has 2 heterocycles. The summed E-state index contributed by atoms with van der Waals surface area (Å²) in [5.41, 5.74) is 1.90. The molecule has 5 nitrogen and oxygen atoms in total. The fraction of sp³-hybridized carbons (Fsp3) is 0.125. The predicted octanol–water partition coefficient (Wildman–Crippen LogP) is 3.85. The molecular weight excluding hydrogens is 346 g/mol. The first-order chi connectivity index (χ1) is 10.6. The van der Waals surface area contributed by atoms with Crippen molar-refractivity contribution >= 4 is 27.7 Å². The number of aryl methyl sites for hydroxylation is 1. The summed E-state index contributed by atoms with van der Waals surface area (Å²) in [7, 11) is 0. The highest BCUT2D eigenvalue weighted by Crippen LogP contribution is 2.16. The van der Waals surface area contributed by atoms with Crippen molar-refractivity contribution in [1.29, 1.82) is 0 Å². The van der Waals surface area contributed by atoms with Crippen LogP contribution < -0.4 is 5.32 Å². The molecule has 0 saturated heterocycles. The van der Waals surface area contributed by atoms with E-state index >= 15 is 0 Å². The van der Waals surface area contributed by atoms with Crippen LogP contribution in [0.4, 0.5) is 5.82 Å². The van der Waals surface area contributed by atoms with Gasteiger partial charge in [0.2, 0.25) is 0 Å². The van der Waals surface area contributed by atoms with E-state index in [9.17, 15) is 4.79 Å². The number of hydrogen-bond donors (Lipinski definition) is 1. The largest absolute Gasteiger partial charge is 0.459 e. The Kier molecular flexibility index (Phi) is 4.11. The number of anilines is 1. The smallest absolute Gasteiger partial charge is 0.292 e. The van der Waals surface area contributed by atoms with Gasteiger partial charge in [0, 0.05) is 16.1 Å². The Bertz CT molecular complexity index is 790. The van der Waals surface area contributed by atoms with Crippen LogP contribution >= 0.6 is 15.9 Å². The Labute approximate surface area is 136 Å². The van der Waals surface area contributed by atoms with Gasteiger partial charge < -0.3 is 9.73 Å². The maximum absolute atomic E-state index is 12.2. The van der Waals surface area contributed by atoms with Gasteiger partial charge in [-0.15, -0.1) is 0 Å². The number of rotatable bonds is 4. The maximum atomic E-state index is 12.2. The second-order valence-electron chi connectivity index (χ2n) is 4.89. The van der Waals surface area contributed by atoms with E-state index in [1.165, 1.54) is 6.26 Å². The number of furan rings is 1. The third kappa shape index (κ3) is 3.12. The van der Waals surface area contributed by atoms with Gasteiger partial charge in [0.25, 0.3) is 5.91 Å². The summed E-state index contributed by atoms with van der Waals surface area (Å²) in [4.78, 5) is 12.2. The molecule has 22 heavy (non-hydrogen) atoms. The molecule has 0 spiro atoms. The molecule has 2 aromatic heterocycles. The molecule has 1 N–H and O–H groups in total. The molecule has 112 valence electrons. The minimum Gasteiger partial charge on any atom is -0.459 e. The fourth-order valence-electron chi connectivity index (χ4n) is 2.11. The van der Waals surface area contributed by atoms with E-state index in [-0.39, 0.29) is 5.91 Å². The number of hydrogen-bond acceptors (Lipinski definition) is 3. The van der Waals surface area contributed by atoms with Gasteiger partial charge >= 0.3 is 0 Å². The summed E-state index contributed by atoms with van der Waals surface area (Å²) in [6.07, 6.45) is 3.16. The van der Waals surface area contributed by atoms with Crippen molar-refractivity contribution in [3.63, 3.8) is 0 Å². The number of carbonyl (C=O) groups is 1. The summed E-state index contributed by atoms with van der Waals surface area (Å²) < 4.78 is 7.96. The minimum atomic E-state index is -0.278. The number of carbonyl (C=O) groups excluding carboxylic acids is 1. The topological polar surface area (TPSA) is 60.1 Å². The van der Waals surface area contributed by atoms with Crippen molar-refractivity contribution in [3.8, 4) is 0 Å². The lowest BCUT2D eigenvalue weighted by molar-refractivity contribution is 0.0995. The van der Waals surface area contributed by atoms with Crippen LogP contribution in [-0.4, -0.2) is 15.7 Å². The number of nitrogens with zero attached hydrogens (tertiary/aromatic N) is 2. The van der Waals surface area contributed by atoms with Gasteiger partial charge in [-0.05, 0) is 30.7 Å². The quantitative estimate of drug-likeness (QED) is 0.769. The summed E-state index contributed by atoms with van der Waals surface area (Å²) in [6, 6.07) is 11.5. The van der Waals surface area contributed by atoms with E-state index in [1.807, 2.05) is 31.2 Å². The Morgan fingerprint density at radius 3 is 2.73 bits per heavy atom. The van der Waals surface area contributed by atoms with Crippen molar-refractivity contribution in [2.24, 2.45) is 0 Å². The first-order valence-electron chi connectivity index (χ1n) is 6.75. The molecule has 0 unspecified atom stereocenters. The molecule has 6 heteroatoms. The van der Waals surface area contributed by atoms with Gasteiger partial charge in [-0.3, -0.25) is 4.79 Å². The fourth-order valence-corrected chi connectivity index (χ4v) is 2.37. The number of amides is 1. The third-order valence-electron chi connectivity index (χ3n) is 3.27. The molecular formula is C16H14BrN3O2. The standard InChI is InChI=1S/C16H14BrN3O2/c1-11-7-9-22-15(11)16(21)19-14-6-8-18-20(14)10-12-2-4-13(17)5-3-12/h2-9H,10H2,1H3,(H,19,21). The molecule has 0 fully saturated rings. The van der Waals surface area contributed by atoms with E-state index in [0.717, 1.165) is 15.6 Å². The van der Waals surface area contributed by atoms with Crippen LogP contribution in [0.15, 0.2) is 57.7 Å². The van der Waals surface area contributed by atoms with Gasteiger partial charge in [-0.1, -0.05) is 28.1 Å². The van der Waals surface area contributed by atoms with Crippen LogP contribution in [0, 0.1) is 6.92 Å². The highest BCUT2D eigenvalue weighted by atomic mass is 79.9. The number of aromatic nitrogens is 2. The van der Waals surface area contributed by atoms with Crippen LogP contribution in [-0.2, 0) is 6.54 Å². The number of benzene rings is 1. The highest BCUT2D eigenvalue weighted by Gasteiger charge is 2.14. The van der Waals surface area contributed by atoms with Crippen LogP contribution in [0.5, 0.6) is 0 Å². The molecule has 3 aromatic rings. The molecule has 0 aliphatic rings. The second kappa shape index (κ2) is 6.19. The monoisotopic (exact) mass is 359 g/mol. The van der Waals surface area contributed by atoms with Crippen molar-refractivity contribution < 1.29 is 9.21 Å². The average Bonchev–Trinajstić information content (AvgIpc) is 3.11. The second-order valence-corrected chi connectivity index (χ2v) is 5.80. The summed E-state index contributed by atoms with van der Waals surface area (Å²) >= 11 is 3.41. The van der Waals surface area contributed by atoms with Crippen LogP contribution in [0.25, 0.3) is 0 Å². The van der Waals surface area contributed by atoms with Gasteiger partial charge in [-0.2, -0.15) is 5.10 Å². The van der Waals surface area contributed by atoms with Gasteiger partial charge in [0.05, 0.1) is 19.0 Å². The van der Waals surface area contributed by atoms with Gasteiger partial charge in [0.1, 0.15) is 5.82 Å². The molecule has 0 saturated carbocycles. The summed E-state index contributed by atoms with van der Waals surface area (Å²) in [5.74, 6) is 0.667. The SMILES string of the molecule is Cc1ccoc1C(=O)Nc1ccnn1Cc1ccc(Br)cc1. The van der Waals surface area contributed by atoms with E-state index in [2.05, 4.69) is 26.3 Å². The molecule has 0 atom stereocenters. The normalized spacial score (nSPS) is 10.6. The van der Waals surface area contributed by atoms with Crippen LogP contribution in [0.1, 0.15) is 21.7 Å². The zero-order valence-corrected chi connectivity index (χ0v) is 13.5. The van der Waals surface area contributed by atoms with E-state index in [0.29, 0.717) is 18.1 Å². The van der Waals surface area contributed by atoms with Crippen molar-refractivity contribution in [1.82, 2.24) is 9.78 Å². The lowest BCUT2D eigenvalue weighted by Crippen LogP contribution is -2.16. The summed E-state index contributed by atoms with van der Waals surface area (Å²) in [6.45, 7) is 2.41. The molecule has 0 aliphatic heterocycles. The van der Waals surface area contributed by atoms with E-state index < -0.39 is 0 Å². The summed E-state index contributed by atoms with van der Waals surface area (Å²) in [5, 5.41) is 7.07. The van der Waals surface area contributed by atoms with Crippen LogP contribution in [0.2, 0.25) is 0 Å². The van der Waals surface area contributed by atoms with Gasteiger partial charge in [-0.25, -0.2) is 4.68 Å². The maximum Gasteiger partial charge on any atom is 0.292 e. The Hall–Kier alpha value is -2.34. The Morgan fingerprint density at radius 2 is 2.05 bits per heavy atom. The van der Waals surface area contributed by atoms with Gasteiger partial charge in [0.15, 0.2) is 5.76 Å². The first kappa shape index (κ1) is 14.6. The molecule has 0 bridgehead atoms. The van der Waals surface area contributed by atoms with Crippen LogP contribution in [0.3, 0.4) is 0 Å². The first-order valence-corrected chi connectivity index (χ1v) is 7.54. The van der Waals surface area contributed by atoms with Crippen molar-refractivity contribution in [3.05, 3.63) is 70.2 Å². The molecule has 1 aromatic carbocycles. The molecule has 0 radical (unpaired) electrons. The zero-order chi connectivity index (χ0) is 15.5. The molecule has 1 amide bonds. The average molecular weight is 360 g/mol. The van der Waals surface area contributed by atoms with Crippen molar-refractivity contribution in [2.45, 2.75) is 13.5 Å². The van der Waals surface area contributed by atoms with E-state index in [4.69, 9.17) is 4.42 Å². The number of halogens is 1. The zero-order valence-electron chi connectivity index (χ0n) is 11.9. The molecule has 3 rings (SSSR count). The van der Waals surface area contributed by atoms with Crippen molar-refractivity contribution in [2.75, 3.05) is 5.32 Å². The minimum absolute atomic E-state index is 0.278. The highest BCUT2D eigenvalue weighted by molar-refractivity contribution is 9.10. The Morgan fingerprint density at radius 1 is 1.27 bits per heavy atom. The lowest BCUT2D eigenvalue weighted by Gasteiger charge is -2.08. The van der Waals surface area contributed by atoms with E-state index in [1.54, 1.807) is 23.0 Å². The Balaban J connectivity index is 1.76. The molecule has 0 aliphatic carbocycles. The number of nitrogens with one attached hydrogen (secondary N) is 1. The lowest BCUT2D eigenvalue weighted by atomic mass is 10.2. The third-order valence-corrected chi connectivity index (χ3v) is 3.80. The predicted molar refractivity (Wildman–Crippen MR) is 86.9 cm³/mol.